The summed E-state index contributed by atoms with van der Waals surface area (Å²) in [5.41, 5.74) is 1.55. The van der Waals surface area contributed by atoms with Gasteiger partial charge < -0.3 is 10.1 Å². The summed E-state index contributed by atoms with van der Waals surface area (Å²) in [6.07, 6.45) is 1.37. The highest BCUT2D eigenvalue weighted by Gasteiger charge is 2.14. The summed E-state index contributed by atoms with van der Waals surface area (Å²) in [7, 11) is 0. The highest BCUT2D eigenvalue weighted by molar-refractivity contribution is 6.37. The van der Waals surface area contributed by atoms with Crippen molar-refractivity contribution in [3.8, 4) is 11.8 Å². The fraction of sp³-hybridized carbons (Fsp3) is 0.0435. The third kappa shape index (κ3) is 6.16. The molecule has 0 aliphatic rings. The van der Waals surface area contributed by atoms with Gasteiger partial charge in [-0.25, -0.2) is 0 Å². The van der Waals surface area contributed by atoms with Crippen LogP contribution in [0.15, 0.2) is 66.2 Å². The number of nitrogens with one attached hydrogen (secondary N) is 1. The van der Waals surface area contributed by atoms with Crippen molar-refractivity contribution in [2.45, 2.75) is 6.61 Å². The van der Waals surface area contributed by atoms with Crippen molar-refractivity contribution in [3.63, 3.8) is 0 Å². The molecule has 0 unspecified atom stereocenters. The summed E-state index contributed by atoms with van der Waals surface area (Å²) in [6.45, 7) is 0.293. The maximum absolute atomic E-state index is 12.5. The largest absolute Gasteiger partial charge is 0.486 e. The first-order valence-corrected chi connectivity index (χ1v) is 10.4. The molecule has 0 aromatic heterocycles. The Morgan fingerprint density at radius 2 is 1.65 bits per heavy atom. The molecule has 3 aromatic carbocycles. The summed E-state index contributed by atoms with van der Waals surface area (Å²) in [5, 5.41) is 13.2. The molecule has 0 radical (unpaired) electrons. The van der Waals surface area contributed by atoms with E-state index in [0.717, 1.165) is 5.56 Å². The predicted octanol–water partition coefficient (Wildman–Crippen LogP) is 7.42. The van der Waals surface area contributed by atoms with Gasteiger partial charge in [0.05, 0.1) is 20.8 Å². The van der Waals surface area contributed by atoms with Crippen molar-refractivity contribution >= 4 is 64.1 Å². The van der Waals surface area contributed by atoms with E-state index >= 15 is 0 Å². The van der Waals surface area contributed by atoms with E-state index in [2.05, 4.69) is 5.32 Å². The molecular formula is C23H14Cl4N2O2. The number of rotatable bonds is 6. The minimum Gasteiger partial charge on any atom is -0.486 e. The molecule has 4 nitrogen and oxygen atoms in total. The molecule has 0 aliphatic carbocycles. The topological polar surface area (TPSA) is 62.1 Å². The minimum absolute atomic E-state index is 0.166. The summed E-state index contributed by atoms with van der Waals surface area (Å²) in [6, 6.07) is 19.2. The normalized spacial score (nSPS) is 11.0. The second-order valence-electron chi connectivity index (χ2n) is 6.34. The molecule has 0 heterocycles. The van der Waals surface area contributed by atoms with Gasteiger partial charge in [0.2, 0.25) is 0 Å². The van der Waals surface area contributed by atoms with E-state index in [-0.39, 0.29) is 15.6 Å². The van der Waals surface area contributed by atoms with Gasteiger partial charge in [0.15, 0.2) is 5.75 Å². The molecule has 0 bridgehead atoms. The average molecular weight is 492 g/mol. The van der Waals surface area contributed by atoms with Gasteiger partial charge in [-0.05, 0) is 47.5 Å². The lowest BCUT2D eigenvalue weighted by Crippen LogP contribution is -2.13. The number of nitrogens with zero attached hydrogens (tertiary/aromatic N) is 1. The predicted molar refractivity (Wildman–Crippen MR) is 126 cm³/mol. The van der Waals surface area contributed by atoms with Crippen molar-refractivity contribution in [1.29, 1.82) is 5.26 Å². The molecule has 156 valence electrons. The minimum atomic E-state index is -0.650. The Balaban J connectivity index is 1.79. The van der Waals surface area contributed by atoms with Crippen molar-refractivity contribution in [1.82, 2.24) is 0 Å². The molecular weight excluding hydrogens is 478 g/mol. The lowest BCUT2D eigenvalue weighted by Gasteiger charge is -2.11. The number of hydrogen-bond acceptors (Lipinski definition) is 3. The molecule has 0 saturated heterocycles. The molecule has 31 heavy (non-hydrogen) atoms. The summed E-state index contributed by atoms with van der Waals surface area (Å²) < 4.78 is 5.73. The third-order valence-electron chi connectivity index (χ3n) is 4.10. The zero-order chi connectivity index (χ0) is 22.4. The molecule has 0 aliphatic heterocycles. The van der Waals surface area contributed by atoms with Gasteiger partial charge in [-0.2, -0.15) is 5.26 Å². The maximum atomic E-state index is 12.5. The number of anilines is 1. The van der Waals surface area contributed by atoms with E-state index in [4.69, 9.17) is 51.1 Å². The number of ether oxygens (including phenoxy) is 1. The molecule has 0 fully saturated rings. The number of carbonyl (C=O) groups is 1. The summed E-state index contributed by atoms with van der Waals surface area (Å²) in [4.78, 5) is 12.5. The smallest absolute Gasteiger partial charge is 0.266 e. The Hall–Kier alpha value is -2.68. The van der Waals surface area contributed by atoms with Crippen LogP contribution in [-0.4, -0.2) is 5.91 Å². The van der Waals surface area contributed by atoms with Crippen molar-refractivity contribution in [2.24, 2.45) is 0 Å². The van der Waals surface area contributed by atoms with E-state index < -0.39 is 5.91 Å². The Kier molecular flexibility index (Phi) is 7.84. The Morgan fingerprint density at radius 1 is 0.968 bits per heavy atom. The van der Waals surface area contributed by atoms with Crippen molar-refractivity contribution in [3.05, 3.63) is 97.5 Å². The summed E-state index contributed by atoms with van der Waals surface area (Å²) in [5.74, 6) is -0.332. The van der Waals surface area contributed by atoms with Gasteiger partial charge in [-0.3, -0.25) is 4.79 Å². The summed E-state index contributed by atoms with van der Waals surface area (Å²) >= 11 is 24.6. The molecule has 1 amide bonds. The second-order valence-corrected chi connectivity index (χ2v) is 7.99. The van der Waals surface area contributed by atoms with E-state index in [1.54, 1.807) is 24.3 Å². The Bertz CT molecular complexity index is 1160. The van der Waals surface area contributed by atoms with Gasteiger partial charge in [-0.15, -0.1) is 0 Å². The molecule has 3 aromatic rings. The molecule has 8 heteroatoms. The van der Waals surface area contributed by atoms with Crippen LogP contribution in [0, 0.1) is 11.3 Å². The lowest BCUT2D eigenvalue weighted by atomic mass is 10.1. The van der Waals surface area contributed by atoms with Gasteiger partial charge in [0.25, 0.3) is 5.91 Å². The van der Waals surface area contributed by atoms with Crippen LogP contribution < -0.4 is 10.1 Å². The maximum Gasteiger partial charge on any atom is 0.266 e. The number of hydrogen-bond donors (Lipinski definition) is 1. The molecule has 0 atom stereocenters. The van der Waals surface area contributed by atoms with E-state index in [0.29, 0.717) is 33.7 Å². The number of benzene rings is 3. The third-order valence-corrected chi connectivity index (χ3v) is 5.23. The average Bonchev–Trinajstić information content (AvgIpc) is 2.74. The molecule has 1 N–H and O–H groups in total. The van der Waals surface area contributed by atoms with Crippen LogP contribution in [0.1, 0.15) is 11.1 Å². The molecule has 0 spiro atoms. The van der Waals surface area contributed by atoms with Gasteiger partial charge >= 0.3 is 0 Å². The van der Waals surface area contributed by atoms with E-state index in [9.17, 15) is 10.1 Å². The van der Waals surface area contributed by atoms with Crippen LogP contribution >= 0.6 is 46.4 Å². The van der Waals surface area contributed by atoms with E-state index in [1.807, 2.05) is 36.4 Å². The highest BCUT2D eigenvalue weighted by atomic mass is 35.5. The van der Waals surface area contributed by atoms with Crippen molar-refractivity contribution in [2.75, 3.05) is 5.32 Å². The van der Waals surface area contributed by atoms with E-state index in [1.165, 1.54) is 12.1 Å². The fourth-order valence-corrected chi connectivity index (χ4v) is 3.58. The second kappa shape index (κ2) is 10.6. The first kappa shape index (κ1) is 23.0. The number of carbonyl (C=O) groups excluding carboxylic acids is 1. The first-order chi connectivity index (χ1) is 14.9. The Labute approximate surface area is 199 Å². The first-order valence-electron chi connectivity index (χ1n) is 8.91. The molecule has 3 rings (SSSR count). The van der Waals surface area contributed by atoms with Crippen LogP contribution in [0.3, 0.4) is 0 Å². The zero-order valence-electron chi connectivity index (χ0n) is 15.8. The van der Waals surface area contributed by atoms with Crippen LogP contribution in [0.25, 0.3) is 6.08 Å². The molecule has 0 saturated carbocycles. The van der Waals surface area contributed by atoms with Crippen LogP contribution in [0.2, 0.25) is 20.1 Å². The Morgan fingerprint density at radius 3 is 2.29 bits per heavy atom. The van der Waals surface area contributed by atoms with Gasteiger partial charge in [0.1, 0.15) is 18.2 Å². The quantitative estimate of drug-likeness (QED) is 0.288. The van der Waals surface area contributed by atoms with Crippen LogP contribution in [0.4, 0.5) is 5.69 Å². The SMILES string of the molecule is N#C/C(=C\c1cc(Cl)c(OCc2ccccc2)c(Cl)c1)C(=O)Nc1cc(Cl)ccc1Cl. The van der Waals surface area contributed by atoms with Crippen molar-refractivity contribution < 1.29 is 9.53 Å². The van der Waals surface area contributed by atoms with Crippen LogP contribution in [-0.2, 0) is 11.4 Å². The lowest BCUT2D eigenvalue weighted by molar-refractivity contribution is -0.112. The van der Waals surface area contributed by atoms with Crippen LogP contribution in [0.5, 0.6) is 5.75 Å². The number of amides is 1. The monoisotopic (exact) mass is 490 g/mol. The fourth-order valence-electron chi connectivity index (χ4n) is 2.63. The zero-order valence-corrected chi connectivity index (χ0v) is 18.9. The number of nitriles is 1. The van der Waals surface area contributed by atoms with Gasteiger partial charge in [0, 0.05) is 5.02 Å². The number of halogens is 4. The standard InChI is InChI=1S/C23H14Cl4N2O2/c24-17-6-7-18(25)21(11-17)29-23(30)16(12-28)8-15-9-19(26)22(20(27)10-15)31-13-14-4-2-1-3-5-14/h1-11H,13H2,(H,29,30)/b16-8+. The highest BCUT2D eigenvalue weighted by Crippen LogP contribution is 2.35. The van der Waals surface area contributed by atoms with Gasteiger partial charge in [-0.1, -0.05) is 76.7 Å².